The minimum Gasteiger partial charge on any atom is -0.478 e. The number of benzene rings is 4. The smallest absolute Gasteiger partial charge is 0.337 e. The Labute approximate surface area is 264 Å². The van der Waals surface area contributed by atoms with Crippen LogP contribution in [0.4, 0.5) is 10.3 Å². The van der Waals surface area contributed by atoms with Crippen molar-refractivity contribution in [2.45, 2.75) is 0 Å². The number of carboxylic acid groups (broad SMARTS) is 1. The number of nitrogens with zero attached hydrogens (tertiary/aromatic N) is 3. The molecule has 0 radical (unpaired) electrons. The normalized spacial score (nSPS) is 10.7. The fourth-order valence-electron chi connectivity index (χ4n) is 4.12. The second kappa shape index (κ2) is 13.7. The van der Waals surface area contributed by atoms with Gasteiger partial charge in [-0.1, -0.05) is 36.4 Å². The standard InChI is InChI=1S/C14H8BrN3O.C7H4Br2O2.C7H7N3.CH3F/c15-8-4-3-7-11-12(8)13(19)17-14-16-9-5-1-2-6-10(9)18(11)14;8-4-2-1-3-5(9)6(4)7(10)11;8-7-9-5-3-1-2-4-6(5)10-7;1-2/h1-7H,(H,16,17,19);1-3H,(H,10,11);1-4H,(H3,8,9,10);1H3/i;;;1D. The molecule has 4 aromatic carbocycles. The molecule has 0 spiro atoms. The van der Waals surface area contributed by atoms with E-state index in [1.54, 1.807) is 18.2 Å². The van der Waals surface area contributed by atoms with Crippen molar-refractivity contribution in [3.63, 3.8) is 0 Å². The first kappa shape index (κ1) is 29.4. The molecule has 0 amide bonds. The van der Waals surface area contributed by atoms with Gasteiger partial charge >= 0.3 is 5.97 Å². The number of aromatic nitrogens is 5. The number of hydrogen-bond acceptors (Lipinski definition) is 5. The Morgan fingerprint density at radius 1 is 0.857 bits per heavy atom. The van der Waals surface area contributed by atoms with Crippen molar-refractivity contribution in [2.24, 2.45) is 0 Å². The second-order valence-electron chi connectivity index (χ2n) is 8.39. The predicted octanol–water partition coefficient (Wildman–Crippen LogP) is 7.73. The van der Waals surface area contributed by atoms with Crippen molar-refractivity contribution in [2.75, 3.05) is 12.9 Å². The highest BCUT2D eigenvalue weighted by Gasteiger charge is 2.12. The molecule has 3 aromatic heterocycles. The summed E-state index contributed by atoms with van der Waals surface area (Å²) >= 11 is 9.71. The molecule has 0 aliphatic heterocycles. The van der Waals surface area contributed by atoms with Gasteiger partial charge in [-0.05, 0) is 96.3 Å². The fraction of sp³-hybridized carbons (Fsp3) is 0.0345. The van der Waals surface area contributed by atoms with Gasteiger partial charge in [-0.2, -0.15) is 0 Å². The van der Waals surface area contributed by atoms with E-state index in [1.807, 2.05) is 71.1 Å². The fourth-order valence-corrected chi connectivity index (χ4v) is 5.99. The highest BCUT2D eigenvalue weighted by molar-refractivity contribution is 9.11. The number of alkyl halides is 1. The lowest BCUT2D eigenvalue weighted by Crippen LogP contribution is -2.10. The third-order valence-electron chi connectivity index (χ3n) is 5.83. The predicted molar refractivity (Wildman–Crippen MR) is 175 cm³/mol. The summed E-state index contributed by atoms with van der Waals surface area (Å²) in [4.78, 5) is 37.0. The highest BCUT2D eigenvalue weighted by Crippen LogP contribution is 2.25. The van der Waals surface area contributed by atoms with Crippen molar-refractivity contribution in [1.82, 2.24) is 24.3 Å². The van der Waals surface area contributed by atoms with Gasteiger partial charge in [0.05, 0.1) is 47.1 Å². The monoisotopic (exact) mass is 759 g/mol. The number of para-hydroxylation sites is 4. The molecule has 0 aliphatic carbocycles. The summed E-state index contributed by atoms with van der Waals surface area (Å²) in [5.41, 5.74) is 10.1. The molecular formula is C29H22Br3FN6O3. The minimum atomic E-state index is -1.00. The maximum absolute atomic E-state index is 12.2. The Morgan fingerprint density at radius 3 is 2.07 bits per heavy atom. The summed E-state index contributed by atoms with van der Waals surface area (Å²) in [6.45, 7) is 0. The van der Waals surface area contributed by atoms with E-state index in [-0.39, 0.29) is 11.1 Å². The number of carboxylic acids is 1. The number of aromatic amines is 2. The molecule has 0 fully saturated rings. The maximum atomic E-state index is 12.2. The quantitative estimate of drug-likeness (QED) is 0.135. The number of nitrogens with two attached hydrogens (primary N) is 1. The second-order valence-corrected chi connectivity index (χ2v) is 11.0. The molecule has 7 rings (SSSR count). The van der Waals surface area contributed by atoms with Gasteiger partial charge in [0, 0.05) is 13.4 Å². The summed E-state index contributed by atoms with van der Waals surface area (Å²) in [7, 11) is -1.00. The zero-order valence-electron chi connectivity index (χ0n) is 22.5. The van der Waals surface area contributed by atoms with E-state index in [1.165, 1.54) is 0 Å². The molecule has 0 saturated heterocycles. The van der Waals surface area contributed by atoms with Crippen LogP contribution in [0.25, 0.3) is 38.7 Å². The van der Waals surface area contributed by atoms with Gasteiger partial charge in [0.2, 0.25) is 5.78 Å². The van der Waals surface area contributed by atoms with Crippen LogP contribution >= 0.6 is 47.8 Å². The van der Waals surface area contributed by atoms with Gasteiger partial charge < -0.3 is 15.8 Å². The van der Waals surface area contributed by atoms with Crippen molar-refractivity contribution < 1.29 is 15.7 Å². The van der Waals surface area contributed by atoms with Gasteiger partial charge in [0.1, 0.15) is 0 Å². The highest BCUT2D eigenvalue weighted by atomic mass is 79.9. The minimum absolute atomic E-state index is 0.134. The molecule has 0 saturated carbocycles. The summed E-state index contributed by atoms with van der Waals surface area (Å²) in [5.74, 6) is 0.0994. The van der Waals surface area contributed by atoms with Crippen LogP contribution in [-0.2, 0) is 0 Å². The molecule has 5 N–H and O–H groups in total. The van der Waals surface area contributed by atoms with Crippen LogP contribution in [-0.4, -0.2) is 42.6 Å². The number of aromatic carboxylic acids is 1. The van der Waals surface area contributed by atoms with E-state index in [4.69, 9.17) is 12.2 Å². The van der Waals surface area contributed by atoms with E-state index >= 15 is 0 Å². The average Bonchev–Trinajstić information content (AvgIpc) is 3.53. The van der Waals surface area contributed by atoms with Crippen molar-refractivity contribution in [3.8, 4) is 0 Å². The first-order chi connectivity index (χ1) is 20.7. The van der Waals surface area contributed by atoms with Crippen molar-refractivity contribution >= 4 is 98.5 Å². The molecule has 0 aliphatic rings. The van der Waals surface area contributed by atoms with E-state index < -0.39 is 13.1 Å². The van der Waals surface area contributed by atoms with Crippen LogP contribution in [0.5, 0.6) is 0 Å². The largest absolute Gasteiger partial charge is 0.478 e. The Kier molecular flexibility index (Phi) is 9.62. The Balaban J connectivity index is 0.000000151. The molecule has 7 aromatic rings. The van der Waals surface area contributed by atoms with Gasteiger partial charge in [0.25, 0.3) is 5.56 Å². The third kappa shape index (κ3) is 6.53. The topological polar surface area (TPSA) is 142 Å². The van der Waals surface area contributed by atoms with Crippen LogP contribution in [0, 0.1) is 0 Å². The maximum Gasteiger partial charge on any atom is 0.337 e. The van der Waals surface area contributed by atoms with Crippen LogP contribution < -0.4 is 11.3 Å². The Hall–Kier alpha value is -4.07. The number of hydrogen-bond donors (Lipinski definition) is 4. The average molecular weight is 762 g/mol. The number of nitrogen functional groups attached to an aromatic ring is 1. The summed E-state index contributed by atoms with van der Waals surface area (Å²) in [6.07, 6.45) is 0. The molecule has 13 heteroatoms. The molecule has 0 unspecified atom stereocenters. The summed E-state index contributed by atoms with van der Waals surface area (Å²) in [5, 5.41) is 9.32. The van der Waals surface area contributed by atoms with Crippen LogP contribution in [0.15, 0.2) is 103 Å². The Morgan fingerprint density at radius 2 is 1.43 bits per heavy atom. The van der Waals surface area contributed by atoms with E-state index in [9.17, 15) is 14.0 Å². The summed E-state index contributed by atoms with van der Waals surface area (Å²) in [6, 6.07) is 26.4. The lowest BCUT2D eigenvalue weighted by Gasteiger charge is -2.03. The molecule has 0 bridgehead atoms. The zero-order valence-corrected chi connectivity index (χ0v) is 26.2. The van der Waals surface area contributed by atoms with Gasteiger partial charge in [-0.3, -0.25) is 18.6 Å². The van der Waals surface area contributed by atoms with E-state index in [2.05, 4.69) is 67.7 Å². The van der Waals surface area contributed by atoms with Gasteiger partial charge in [-0.15, -0.1) is 0 Å². The van der Waals surface area contributed by atoms with Crippen LogP contribution in [0.1, 0.15) is 11.7 Å². The van der Waals surface area contributed by atoms with Crippen molar-refractivity contribution in [3.05, 3.63) is 114 Å². The van der Waals surface area contributed by atoms with Gasteiger partial charge in [0.15, 0.2) is 5.95 Å². The number of fused-ring (bicyclic) bond motifs is 6. The van der Waals surface area contributed by atoms with Crippen LogP contribution in [0.3, 0.4) is 0 Å². The number of nitrogens with one attached hydrogen (secondary N) is 2. The Bertz CT molecular complexity index is 2060. The number of imidazole rings is 2. The van der Waals surface area contributed by atoms with Crippen molar-refractivity contribution in [1.29, 1.82) is 0 Å². The molecule has 42 heavy (non-hydrogen) atoms. The SMILES string of the molecule is Nc1nc2ccccc2[nH]1.O=C(O)c1c(Br)cccc1Br.O=c1[nH]c2nc3ccccc3n2c2cccc(Br)c12.[2H]CF. The lowest BCUT2D eigenvalue weighted by atomic mass is 10.2. The van der Waals surface area contributed by atoms with E-state index in [0.717, 1.165) is 32.1 Å². The number of rotatable bonds is 1. The first-order valence-corrected chi connectivity index (χ1v) is 14.3. The number of carbonyl (C=O) groups is 1. The van der Waals surface area contributed by atoms with E-state index in [0.29, 0.717) is 26.1 Å². The number of H-pyrrole nitrogens is 2. The van der Waals surface area contributed by atoms with Crippen LogP contribution in [0.2, 0.25) is 0 Å². The first-order valence-electron chi connectivity index (χ1n) is 12.7. The molecular weight excluding hydrogens is 739 g/mol. The number of anilines is 1. The zero-order chi connectivity index (χ0) is 31.1. The molecule has 214 valence electrons. The lowest BCUT2D eigenvalue weighted by molar-refractivity contribution is 0.0695. The third-order valence-corrected chi connectivity index (χ3v) is 7.81. The molecule has 3 heterocycles. The van der Waals surface area contributed by atoms with Gasteiger partial charge in [-0.25, -0.2) is 14.8 Å². The number of halogens is 4. The molecule has 0 atom stereocenters. The summed E-state index contributed by atoms with van der Waals surface area (Å²) < 4.78 is 19.4. The molecule has 9 nitrogen and oxygen atoms in total.